The van der Waals surface area contributed by atoms with Crippen LogP contribution in [0.3, 0.4) is 0 Å². The molecule has 1 aromatic carbocycles. The first-order valence-electron chi connectivity index (χ1n) is 5.85. The number of hydrogen-bond donors (Lipinski definition) is 0. The summed E-state index contributed by atoms with van der Waals surface area (Å²) in [6.07, 6.45) is 0. The quantitative estimate of drug-likeness (QED) is 0.719. The highest BCUT2D eigenvalue weighted by atomic mass is 35.5. The number of halogens is 1. The average Bonchev–Trinajstić information content (AvgIpc) is 2.30. The molecule has 2 aromatic rings. The molecule has 18 heavy (non-hydrogen) atoms. The first kappa shape index (κ1) is 12.9. The number of rotatable bonds is 1. The molecule has 0 saturated heterocycles. The molecule has 0 aliphatic carbocycles. The zero-order valence-corrected chi connectivity index (χ0v) is 11.8. The third kappa shape index (κ3) is 2.21. The monoisotopic (exact) mass is 261 g/mol. The second kappa shape index (κ2) is 4.62. The minimum atomic E-state index is -0.0878. The van der Waals surface area contributed by atoms with Crippen molar-refractivity contribution in [3.05, 3.63) is 56.5 Å². The maximum absolute atomic E-state index is 11.8. The highest BCUT2D eigenvalue weighted by Crippen LogP contribution is 2.27. The summed E-state index contributed by atoms with van der Waals surface area (Å²) in [5.41, 5.74) is 5.48. The smallest absolute Gasteiger partial charge is 0.252 e. The summed E-state index contributed by atoms with van der Waals surface area (Å²) in [5, 5.41) is 0.454. The van der Waals surface area contributed by atoms with Gasteiger partial charge in [-0.3, -0.25) is 4.79 Å². The van der Waals surface area contributed by atoms with Gasteiger partial charge in [0.05, 0.1) is 0 Å². The second-order valence-electron chi connectivity index (χ2n) is 4.72. The van der Waals surface area contributed by atoms with E-state index in [4.69, 9.17) is 11.6 Å². The van der Waals surface area contributed by atoms with Crippen molar-refractivity contribution in [2.75, 3.05) is 0 Å². The molecule has 1 aromatic heterocycles. The lowest BCUT2D eigenvalue weighted by Gasteiger charge is -2.11. The molecule has 0 bridgehead atoms. The average molecular weight is 262 g/mol. The maximum atomic E-state index is 11.8. The maximum Gasteiger partial charge on any atom is 0.252 e. The van der Waals surface area contributed by atoms with Crippen LogP contribution in [0.5, 0.6) is 0 Å². The van der Waals surface area contributed by atoms with Crippen molar-refractivity contribution < 1.29 is 0 Å². The molecule has 0 amide bonds. The molecule has 1 heterocycles. The Morgan fingerprint density at radius 1 is 0.944 bits per heavy atom. The highest BCUT2D eigenvalue weighted by Gasteiger charge is 2.08. The Hall–Kier alpha value is -1.54. The largest absolute Gasteiger partial charge is 0.302 e. The number of hydrogen-bond acceptors (Lipinski definition) is 1. The van der Waals surface area contributed by atoms with Crippen LogP contribution < -0.4 is 5.56 Å². The summed E-state index contributed by atoms with van der Waals surface area (Å²) in [5.74, 6) is 0. The van der Waals surface area contributed by atoms with Gasteiger partial charge in [-0.25, -0.2) is 0 Å². The molecule has 0 saturated carbocycles. The third-order valence-electron chi connectivity index (χ3n) is 3.36. The first-order valence-corrected chi connectivity index (χ1v) is 6.22. The molecule has 0 N–H and O–H groups in total. The lowest BCUT2D eigenvalue weighted by atomic mass is 9.96. The topological polar surface area (TPSA) is 22.0 Å². The zero-order valence-electron chi connectivity index (χ0n) is 11.0. The van der Waals surface area contributed by atoms with Gasteiger partial charge in [0.15, 0.2) is 0 Å². The summed E-state index contributed by atoms with van der Waals surface area (Å²) >= 11 is 6.06. The Kier molecular flexibility index (Phi) is 3.31. The van der Waals surface area contributed by atoms with E-state index in [1.54, 1.807) is 13.1 Å². The molecule has 0 spiro atoms. The van der Waals surface area contributed by atoms with Gasteiger partial charge >= 0.3 is 0 Å². The van der Waals surface area contributed by atoms with E-state index in [2.05, 4.69) is 26.0 Å². The fourth-order valence-electron chi connectivity index (χ4n) is 2.03. The second-order valence-corrected chi connectivity index (χ2v) is 5.10. The van der Waals surface area contributed by atoms with Crippen LogP contribution in [-0.2, 0) is 7.05 Å². The van der Waals surface area contributed by atoms with Crippen molar-refractivity contribution in [3.8, 4) is 11.1 Å². The lowest BCUT2D eigenvalue weighted by molar-refractivity contribution is 0.862. The highest BCUT2D eigenvalue weighted by molar-refractivity contribution is 6.29. The third-order valence-corrected chi connectivity index (χ3v) is 3.72. The molecule has 0 atom stereocenters. The van der Waals surface area contributed by atoms with Crippen LogP contribution in [0.2, 0.25) is 5.15 Å². The number of aromatic nitrogens is 1. The zero-order chi connectivity index (χ0) is 13.4. The molecule has 0 radical (unpaired) electrons. The molecule has 3 heteroatoms. The minimum Gasteiger partial charge on any atom is -0.302 e. The Balaban J connectivity index is 2.70. The van der Waals surface area contributed by atoms with Crippen LogP contribution in [0.25, 0.3) is 11.1 Å². The summed E-state index contributed by atoms with van der Waals surface area (Å²) in [6.45, 7) is 6.21. The fourth-order valence-corrected chi connectivity index (χ4v) is 2.23. The Labute approximate surface area is 112 Å². The van der Waals surface area contributed by atoms with Gasteiger partial charge in [0.25, 0.3) is 5.56 Å². The van der Waals surface area contributed by atoms with Crippen LogP contribution in [0, 0.1) is 20.8 Å². The molecule has 0 fully saturated rings. The summed E-state index contributed by atoms with van der Waals surface area (Å²) in [6, 6.07) is 7.70. The minimum absolute atomic E-state index is 0.0878. The molecular formula is C15H16ClNO. The Morgan fingerprint density at radius 3 is 2.17 bits per heavy atom. The van der Waals surface area contributed by atoms with Crippen molar-refractivity contribution >= 4 is 11.6 Å². The SMILES string of the molecule is Cc1cc(C)c(-c2cc(Cl)n(C)c(=O)c2)cc1C. The van der Waals surface area contributed by atoms with Crippen molar-refractivity contribution in [1.82, 2.24) is 4.57 Å². The fraction of sp³-hybridized carbons (Fsp3) is 0.267. The van der Waals surface area contributed by atoms with Crippen LogP contribution in [-0.4, -0.2) is 4.57 Å². The van der Waals surface area contributed by atoms with Crippen molar-refractivity contribution in [2.24, 2.45) is 7.05 Å². The van der Waals surface area contributed by atoms with E-state index in [0.717, 1.165) is 16.7 Å². The van der Waals surface area contributed by atoms with Crippen molar-refractivity contribution in [3.63, 3.8) is 0 Å². The number of pyridine rings is 1. The molecule has 2 nitrogen and oxygen atoms in total. The molecule has 0 aliphatic rings. The van der Waals surface area contributed by atoms with Gasteiger partial charge in [-0.2, -0.15) is 0 Å². The number of nitrogens with zero attached hydrogens (tertiary/aromatic N) is 1. The first-order chi connectivity index (χ1) is 8.40. The summed E-state index contributed by atoms with van der Waals surface area (Å²) in [7, 11) is 1.67. The molecule has 0 aliphatic heterocycles. The normalized spacial score (nSPS) is 10.7. The standard InChI is InChI=1S/C15H16ClNO/c1-9-5-11(3)13(6-10(9)2)12-7-14(16)17(4)15(18)8-12/h5-8H,1-4H3. The van der Waals surface area contributed by atoms with Crippen LogP contribution >= 0.6 is 11.6 Å². The predicted octanol–water partition coefficient (Wildman–Crippen LogP) is 3.63. The van der Waals surface area contributed by atoms with Crippen molar-refractivity contribution in [1.29, 1.82) is 0 Å². The van der Waals surface area contributed by atoms with Crippen LogP contribution in [0.15, 0.2) is 29.1 Å². The number of aryl methyl sites for hydroxylation is 3. The van der Waals surface area contributed by atoms with Gasteiger partial charge in [0, 0.05) is 13.1 Å². The van der Waals surface area contributed by atoms with Gasteiger partial charge in [-0.1, -0.05) is 23.7 Å². The lowest BCUT2D eigenvalue weighted by Crippen LogP contribution is -2.16. The Bertz CT molecular complexity index is 671. The van der Waals surface area contributed by atoms with E-state index < -0.39 is 0 Å². The summed E-state index contributed by atoms with van der Waals surface area (Å²) in [4.78, 5) is 11.8. The summed E-state index contributed by atoms with van der Waals surface area (Å²) < 4.78 is 1.43. The van der Waals surface area contributed by atoms with Gasteiger partial charge in [-0.05, 0) is 54.7 Å². The van der Waals surface area contributed by atoms with E-state index in [1.165, 1.54) is 15.7 Å². The van der Waals surface area contributed by atoms with Gasteiger partial charge in [-0.15, -0.1) is 0 Å². The van der Waals surface area contributed by atoms with E-state index in [0.29, 0.717) is 5.15 Å². The molecular weight excluding hydrogens is 246 g/mol. The van der Waals surface area contributed by atoms with Crippen LogP contribution in [0.1, 0.15) is 16.7 Å². The number of benzene rings is 1. The van der Waals surface area contributed by atoms with E-state index in [-0.39, 0.29) is 5.56 Å². The molecule has 2 rings (SSSR count). The van der Waals surface area contributed by atoms with E-state index in [1.807, 2.05) is 13.0 Å². The molecule has 94 valence electrons. The van der Waals surface area contributed by atoms with E-state index in [9.17, 15) is 4.79 Å². The van der Waals surface area contributed by atoms with Crippen LogP contribution in [0.4, 0.5) is 0 Å². The molecule has 0 unspecified atom stereocenters. The van der Waals surface area contributed by atoms with Crippen molar-refractivity contribution in [2.45, 2.75) is 20.8 Å². The van der Waals surface area contributed by atoms with Gasteiger partial charge in [0.2, 0.25) is 0 Å². The predicted molar refractivity (Wildman–Crippen MR) is 76.3 cm³/mol. The van der Waals surface area contributed by atoms with Gasteiger partial charge < -0.3 is 4.57 Å². The van der Waals surface area contributed by atoms with Gasteiger partial charge in [0.1, 0.15) is 5.15 Å². The van der Waals surface area contributed by atoms with E-state index >= 15 is 0 Å². The Morgan fingerprint density at radius 2 is 1.56 bits per heavy atom.